The molecule has 104 valence electrons. The van der Waals surface area contributed by atoms with Gasteiger partial charge in [-0.05, 0) is 29.7 Å². The third-order valence-corrected chi connectivity index (χ3v) is 3.10. The van der Waals surface area contributed by atoms with E-state index in [4.69, 9.17) is 5.73 Å². The third kappa shape index (κ3) is 3.83. The van der Waals surface area contributed by atoms with E-state index in [0.29, 0.717) is 6.42 Å². The molecule has 4 heteroatoms. The summed E-state index contributed by atoms with van der Waals surface area (Å²) >= 11 is 0. The van der Waals surface area contributed by atoms with Crippen LogP contribution in [0.15, 0.2) is 54.6 Å². The van der Waals surface area contributed by atoms with Gasteiger partial charge in [-0.25, -0.2) is 0 Å². The lowest BCUT2D eigenvalue weighted by atomic mass is 9.98. The van der Waals surface area contributed by atoms with Gasteiger partial charge in [0, 0.05) is 0 Å². The van der Waals surface area contributed by atoms with E-state index < -0.39 is 0 Å². The van der Waals surface area contributed by atoms with Crippen molar-refractivity contribution in [3.63, 3.8) is 0 Å². The fraction of sp³-hybridized carbons (Fsp3) is 0.188. The van der Waals surface area contributed by atoms with Gasteiger partial charge in [-0.15, -0.1) is 0 Å². The first-order chi connectivity index (χ1) is 9.69. The van der Waals surface area contributed by atoms with Gasteiger partial charge in [-0.3, -0.25) is 4.79 Å². The highest BCUT2D eigenvalue weighted by Gasteiger charge is 2.14. The number of nitrogens with one attached hydrogen (secondary N) is 1. The molecule has 0 aliphatic carbocycles. The molecule has 0 saturated carbocycles. The molecule has 20 heavy (non-hydrogen) atoms. The van der Waals surface area contributed by atoms with Gasteiger partial charge >= 0.3 is 0 Å². The molecule has 4 N–H and O–H groups in total. The predicted octanol–water partition coefficient (Wildman–Crippen LogP) is 1.75. The maximum Gasteiger partial charge on any atom is 0.234 e. The van der Waals surface area contributed by atoms with Crippen LogP contribution < -0.4 is 11.1 Å². The molecule has 0 aliphatic rings. The average molecular weight is 270 g/mol. The number of amides is 1. The van der Waals surface area contributed by atoms with Crippen LogP contribution in [0.2, 0.25) is 0 Å². The summed E-state index contributed by atoms with van der Waals surface area (Å²) in [6.07, 6.45) is 0.649. The summed E-state index contributed by atoms with van der Waals surface area (Å²) in [6, 6.07) is 16.6. The van der Waals surface area contributed by atoms with Crippen LogP contribution in [-0.4, -0.2) is 17.6 Å². The molecule has 0 bridgehead atoms. The van der Waals surface area contributed by atoms with E-state index in [1.165, 1.54) is 0 Å². The summed E-state index contributed by atoms with van der Waals surface area (Å²) in [4.78, 5) is 11.6. The zero-order valence-corrected chi connectivity index (χ0v) is 11.1. The summed E-state index contributed by atoms with van der Waals surface area (Å²) < 4.78 is 0. The van der Waals surface area contributed by atoms with Crippen molar-refractivity contribution in [1.82, 2.24) is 5.32 Å². The van der Waals surface area contributed by atoms with E-state index in [1.807, 2.05) is 42.5 Å². The minimum atomic E-state index is -0.183. The van der Waals surface area contributed by atoms with Crippen molar-refractivity contribution in [3.8, 4) is 5.75 Å². The SMILES string of the molecule is NCC(=O)NC(Cc1ccc(O)cc1)c1ccccc1. The van der Waals surface area contributed by atoms with Crippen molar-refractivity contribution in [2.45, 2.75) is 12.5 Å². The molecule has 1 unspecified atom stereocenters. The molecular formula is C16H18N2O2. The van der Waals surface area contributed by atoms with Crippen LogP contribution in [0.5, 0.6) is 5.75 Å². The monoisotopic (exact) mass is 270 g/mol. The van der Waals surface area contributed by atoms with E-state index in [0.717, 1.165) is 11.1 Å². The number of hydrogen-bond acceptors (Lipinski definition) is 3. The summed E-state index contributed by atoms with van der Waals surface area (Å²) in [5.74, 6) is 0.0497. The number of nitrogens with two attached hydrogens (primary N) is 1. The maximum absolute atomic E-state index is 11.6. The van der Waals surface area contributed by atoms with Gasteiger partial charge in [0.25, 0.3) is 0 Å². The van der Waals surface area contributed by atoms with Crippen LogP contribution in [0.3, 0.4) is 0 Å². The quantitative estimate of drug-likeness (QED) is 0.774. The number of rotatable bonds is 5. The van der Waals surface area contributed by atoms with Gasteiger partial charge in [-0.1, -0.05) is 42.5 Å². The molecule has 0 aromatic heterocycles. The smallest absolute Gasteiger partial charge is 0.234 e. The third-order valence-electron chi connectivity index (χ3n) is 3.10. The molecule has 0 aliphatic heterocycles. The van der Waals surface area contributed by atoms with Crippen molar-refractivity contribution in [3.05, 3.63) is 65.7 Å². The average Bonchev–Trinajstić information content (AvgIpc) is 2.49. The van der Waals surface area contributed by atoms with Gasteiger partial charge in [0.05, 0.1) is 12.6 Å². The number of carbonyl (C=O) groups is 1. The van der Waals surface area contributed by atoms with Crippen LogP contribution in [0.1, 0.15) is 17.2 Å². The Kier molecular flexibility index (Phi) is 4.74. The number of phenolic OH excluding ortho intramolecular Hbond substituents is 1. The standard InChI is InChI=1S/C16H18N2O2/c17-11-16(20)18-15(13-4-2-1-3-5-13)10-12-6-8-14(19)9-7-12/h1-9,15,19H,10-11,17H2,(H,18,20). The summed E-state index contributed by atoms with van der Waals surface area (Å²) in [5, 5.41) is 12.2. The molecule has 2 rings (SSSR count). The molecule has 4 nitrogen and oxygen atoms in total. The Hall–Kier alpha value is -2.33. The first-order valence-corrected chi connectivity index (χ1v) is 6.51. The minimum absolute atomic E-state index is 0.0289. The second-order valence-electron chi connectivity index (χ2n) is 4.61. The van der Waals surface area contributed by atoms with Crippen molar-refractivity contribution in [1.29, 1.82) is 0 Å². The van der Waals surface area contributed by atoms with Gasteiger partial charge < -0.3 is 16.2 Å². The van der Waals surface area contributed by atoms with Crippen LogP contribution in [0.25, 0.3) is 0 Å². The molecule has 0 radical (unpaired) electrons. The molecule has 2 aromatic rings. The normalized spacial score (nSPS) is 11.8. The predicted molar refractivity (Wildman–Crippen MR) is 78.2 cm³/mol. The Morgan fingerprint density at radius 1 is 1.10 bits per heavy atom. The zero-order valence-electron chi connectivity index (χ0n) is 11.1. The lowest BCUT2D eigenvalue weighted by Crippen LogP contribution is -2.34. The van der Waals surface area contributed by atoms with Gasteiger partial charge in [-0.2, -0.15) is 0 Å². The van der Waals surface area contributed by atoms with Gasteiger partial charge in [0.15, 0.2) is 0 Å². The van der Waals surface area contributed by atoms with Crippen LogP contribution in [0, 0.1) is 0 Å². The van der Waals surface area contributed by atoms with Crippen LogP contribution in [0.4, 0.5) is 0 Å². The number of hydrogen-bond donors (Lipinski definition) is 3. The number of phenols is 1. The highest BCUT2D eigenvalue weighted by molar-refractivity contribution is 5.78. The minimum Gasteiger partial charge on any atom is -0.508 e. The van der Waals surface area contributed by atoms with Crippen molar-refractivity contribution in [2.75, 3.05) is 6.54 Å². The topological polar surface area (TPSA) is 75.4 Å². The van der Waals surface area contributed by atoms with E-state index in [1.54, 1.807) is 12.1 Å². The van der Waals surface area contributed by atoms with E-state index in [2.05, 4.69) is 5.32 Å². The molecule has 0 fully saturated rings. The molecule has 0 heterocycles. The lowest BCUT2D eigenvalue weighted by molar-refractivity contribution is -0.120. The number of aromatic hydroxyl groups is 1. The summed E-state index contributed by atoms with van der Waals surface area (Å²) in [5.41, 5.74) is 7.43. The Morgan fingerprint density at radius 2 is 1.75 bits per heavy atom. The Bertz CT molecular complexity index is 552. The first-order valence-electron chi connectivity index (χ1n) is 6.51. The van der Waals surface area contributed by atoms with E-state index in [9.17, 15) is 9.90 Å². The molecule has 1 atom stereocenters. The van der Waals surface area contributed by atoms with Gasteiger partial charge in [0.1, 0.15) is 5.75 Å². The lowest BCUT2D eigenvalue weighted by Gasteiger charge is -2.19. The summed E-state index contributed by atoms with van der Waals surface area (Å²) in [6.45, 7) is -0.0289. The van der Waals surface area contributed by atoms with Crippen molar-refractivity contribution >= 4 is 5.91 Å². The molecular weight excluding hydrogens is 252 g/mol. The molecule has 2 aromatic carbocycles. The van der Waals surface area contributed by atoms with E-state index >= 15 is 0 Å². The number of benzene rings is 2. The largest absolute Gasteiger partial charge is 0.508 e. The molecule has 0 spiro atoms. The highest BCUT2D eigenvalue weighted by Crippen LogP contribution is 2.19. The maximum atomic E-state index is 11.6. The Balaban J connectivity index is 2.18. The van der Waals surface area contributed by atoms with Crippen molar-refractivity contribution < 1.29 is 9.90 Å². The fourth-order valence-electron chi connectivity index (χ4n) is 2.06. The molecule has 1 amide bonds. The summed E-state index contributed by atoms with van der Waals surface area (Å²) in [7, 11) is 0. The van der Waals surface area contributed by atoms with E-state index in [-0.39, 0.29) is 24.2 Å². The second-order valence-corrected chi connectivity index (χ2v) is 4.61. The molecule has 0 saturated heterocycles. The second kappa shape index (κ2) is 6.73. The fourth-order valence-corrected chi connectivity index (χ4v) is 2.06. The van der Waals surface area contributed by atoms with Crippen molar-refractivity contribution in [2.24, 2.45) is 5.73 Å². The Morgan fingerprint density at radius 3 is 2.35 bits per heavy atom. The number of carbonyl (C=O) groups excluding carboxylic acids is 1. The van der Waals surface area contributed by atoms with Crippen LogP contribution >= 0.6 is 0 Å². The first kappa shape index (κ1) is 14.1. The van der Waals surface area contributed by atoms with Gasteiger partial charge in [0.2, 0.25) is 5.91 Å². The highest BCUT2D eigenvalue weighted by atomic mass is 16.3. The zero-order chi connectivity index (χ0) is 14.4. The Labute approximate surface area is 118 Å². The van der Waals surface area contributed by atoms with Crippen LogP contribution in [-0.2, 0) is 11.2 Å².